The molecule has 0 bridgehead atoms. The highest BCUT2D eigenvalue weighted by Gasteiger charge is 1.98. The average Bonchev–Trinajstić information content (AvgIpc) is 2.59. The molecule has 0 spiro atoms. The Morgan fingerprint density at radius 1 is 1.12 bits per heavy atom. The summed E-state index contributed by atoms with van der Waals surface area (Å²) in [6.45, 7) is 2.83. The number of nitrogens with two attached hydrogens (primary N) is 1. The molecule has 130 valence electrons. The number of hydrogen-bond donors (Lipinski definition) is 2. The van der Waals surface area contributed by atoms with E-state index >= 15 is 0 Å². The Bertz CT molecular complexity index is 659. The van der Waals surface area contributed by atoms with E-state index in [-0.39, 0.29) is 24.0 Å². The molecule has 0 aliphatic rings. The normalized spacial score (nSPS) is 10.8. The van der Waals surface area contributed by atoms with E-state index in [1.807, 2.05) is 24.3 Å². The number of guanidine groups is 1. The topological polar surface area (TPSA) is 59.6 Å². The molecule has 0 aliphatic heterocycles. The van der Waals surface area contributed by atoms with Crippen LogP contribution in [0.3, 0.4) is 0 Å². The van der Waals surface area contributed by atoms with Gasteiger partial charge in [-0.1, -0.05) is 31.2 Å². The lowest BCUT2D eigenvalue weighted by Crippen LogP contribution is -2.23. The van der Waals surface area contributed by atoms with Crippen LogP contribution in [0.1, 0.15) is 24.5 Å². The van der Waals surface area contributed by atoms with Gasteiger partial charge in [-0.25, -0.2) is 0 Å². The number of benzene rings is 2. The zero-order valence-electron chi connectivity index (χ0n) is 14.3. The molecule has 3 N–H and O–H groups in total. The first-order chi connectivity index (χ1) is 11.2. The van der Waals surface area contributed by atoms with Gasteiger partial charge in [-0.3, -0.25) is 4.99 Å². The van der Waals surface area contributed by atoms with E-state index in [4.69, 9.17) is 10.5 Å². The van der Waals surface area contributed by atoms with Crippen LogP contribution in [0.5, 0.6) is 5.75 Å². The van der Waals surface area contributed by atoms with Gasteiger partial charge in [0.1, 0.15) is 5.75 Å². The van der Waals surface area contributed by atoms with Gasteiger partial charge in [-0.15, -0.1) is 24.0 Å². The van der Waals surface area contributed by atoms with Crippen LogP contribution in [-0.4, -0.2) is 19.6 Å². The molecule has 0 unspecified atom stereocenters. The van der Waals surface area contributed by atoms with E-state index in [0.29, 0.717) is 12.5 Å². The molecule has 0 atom stereocenters. The number of aliphatic imine (C=N–C) groups is 1. The molecular weight excluding hydrogens is 413 g/mol. The highest BCUT2D eigenvalue weighted by molar-refractivity contribution is 14.0. The predicted octanol–water partition coefficient (Wildman–Crippen LogP) is 4.24. The molecular formula is C19H26IN3O. The zero-order valence-corrected chi connectivity index (χ0v) is 16.6. The lowest BCUT2D eigenvalue weighted by atomic mass is 10.1. The highest BCUT2D eigenvalue weighted by atomic mass is 127. The summed E-state index contributed by atoms with van der Waals surface area (Å²) in [6, 6.07) is 16.3. The van der Waals surface area contributed by atoms with Crippen molar-refractivity contribution in [1.82, 2.24) is 0 Å². The lowest BCUT2D eigenvalue weighted by molar-refractivity contribution is 0.414. The molecule has 0 radical (unpaired) electrons. The summed E-state index contributed by atoms with van der Waals surface area (Å²) in [5.74, 6) is 1.35. The summed E-state index contributed by atoms with van der Waals surface area (Å²) < 4.78 is 5.23. The molecule has 0 amide bonds. The Kier molecular flexibility index (Phi) is 9.22. The fraction of sp³-hybridized carbons (Fsp3) is 0.316. The number of nitrogens with one attached hydrogen (secondary N) is 1. The van der Waals surface area contributed by atoms with Crippen molar-refractivity contribution >= 4 is 35.6 Å². The molecule has 0 fully saturated rings. The number of aryl methyl sites for hydroxylation is 2. The van der Waals surface area contributed by atoms with E-state index in [9.17, 15) is 0 Å². The van der Waals surface area contributed by atoms with Gasteiger partial charge < -0.3 is 15.8 Å². The quantitative estimate of drug-likeness (QED) is 0.294. The van der Waals surface area contributed by atoms with E-state index in [2.05, 4.69) is 41.5 Å². The van der Waals surface area contributed by atoms with Gasteiger partial charge in [0.15, 0.2) is 5.96 Å². The van der Waals surface area contributed by atoms with Crippen molar-refractivity contribution in [3.63, 3.8) is 0 Å². The van der Waals surface area contributed by atoms with Crippen molar-refractivity contribution < 1.29 is 4.74 Å². The summed E-state index contributed by atoms with van der Waals surface area (Å²) >= 11 is 0. The fourth-order valence-electron chi connectivity index (χ4n) is 2.37. The third-order valence-corrected chi connectivity index (χ3v) is 3.65. The molecule has 0 aliphatic carbocycles. The minimum atomic E-state index is 0. The van der Waals surface area contributed by atoms with Crippen LogP contribution < -0.4 is 15.8 Å². The Labute approximate surface area is 161 Å². The first-order valence-corrected chi connectivity index (χ1v) is 8.00. The van der Waals surface area contributed by atoms with Gasteiger partial charge in [-0.2, -0.15) is 0 Å². The Morgan fingerprint density at radius 3 is 2.62 bits per heavy atom. The van der Waals surface area contributed by atoms with Crippen LogP contribution in [-0.2, 0) is 12.8 Å². The van der Waals surface area contributed by atoms with E-state index in [1.54, 1.807) is 7.11 Å². The number of methoxy groups -OCH3 is 1. The largest absolute Gasteiger partial charge is 0.497 e. The van der Waals surface area contributed by atoms with E-state index < -0.39 is 0 Å². The molecule has 0 saturated carbocycles. The second-order valence-corrected chi connectivity index (χ2v) is 5.40. The van der Waals surface area contributed by atoms with Crippen molar-refractivity contribution in [2.24, 2.45) is 10.7 Å². The third kappa shape index (κ3) is 6.78. The molecule has 0 saturated heterocycles. The number of hydrogen-bond acceptors (Lipinski definition) is 2. The van der Waals surface area contributed by atoms with Gasteiger partial charge in [-0.05, 0) is 54.7 Å². The second-order valence-electron chi connectivity index (χ2n) is 5.40. The number of rotatable bonds is 7. The highest BCUT2D eigenvalue weighted by Crippen LogP contribution is 2.14. The van der Waals surface area contributed by atoms with Crippen LogP contribution in [0.2, 0.25) is 0 Å². The van der Waals surface area contributed by atoms with Crippen molar-refractivity contribution in [1.29, 1.82) is 0 Å². The molecule has 0 heterocycles. The lowest BCUT2D eigenvalue weighted by Gasteiger charge is -2.07. The number of nitrogens with zero attached hydrogens (tertiary/aromatic N) is 1. The number of anilines is 1. The van der Waals surface area contributed by atoms with Crippen LogP contribution in [0.15, 0.2) is 53.5 Å². The fourth-order valence-corrected chi connectivity index (χ4v) is 2.37. The summed E-state index contributed by atoms with van der Waals surface area (Å²) in [5, 5.41) is 3.14. The minimum absolute atomic E-state index is 0. The number of halogens is 1. The van der Waals surface area contributed by atoms with Crippen molar-refractivity contribution in [3.8, 4) is 5.75 Å². The van der Waals surface area contributed by atoms with Gasteiger partial charge in [0.2, 0.25) is 0 Å². The maximum absolute atomic E-state index is 5.94. The molecule has 5 heteroatoms. The average molecular weight is 439 g/mol. The molecule has 2 aromatic rings. The molecule has 2 aromatic carbocycles. The van der Waals surface area contributed by atoms with Crippen LogP contribution >= 0.6 is 24.0 Å². The first kappa shape index (κ1) is 20.3. The Balaban J connectivity index is 0.00000288. The first-order valence-electron chi connectivity index (χ1n) is 8.00. The molecule has 4 nitrogen and oxygen atoms in total. The summed E-state index contributed by atoms with van der Waals surface area (Å²) in [7, 11) is 1.68. The SMILES string of the molecule is CCc1cccc(NC(N)=NCCCc2cccc(OC)c2)c1.I. The second kappa shape index (κ2) is 10.9. The van der Waals surface area contributed by atoms with Crippen molar-refractivity contribution in [2.45, 2.75) is 26.2 Å². The van der Waals surface area contributed by atoms with Crippen LogP contribution in [0, 0.1) is 0 Å². The standard InChI is InChI=1S/C19H25N3O.HI/c1-3-15-7-4-10-17(13-15)22-19(20)21-12-6-9-16-8-5-11-18(14-16)23-2;/h4-5,7-8,10-11,13-14H,3,6,9,12H2,1-2H3,(H3,20,21,22);1H. The van der Waals surface area contributed by atoms with Crippen LogP contribution in [0.25, 0.3) is 0 Å². The summed E-state index contributed by atoms with van der Waals surface area (Å²) in [6.07, 6.45) is 2.91. The van der Waals surface area contributed by atoms with Gasteiger partial charge in [0.05, 0.1) is 7.11 Å². The van der Waals surface area contributed by atoms with E-state index in [1.165, 1.54) is 11.1 Å². The van der Waals surface area contributed by atoms with Crippen molar-refractivity contribution in [2.75, 3.05) is 19.0 Å². The maximum Gasteiger partial charge on any atom is 0.193 e. The summed E-state index contributed by atoms with van der Waals surface area (Å²) in [4.78, 5) is 4.38. The van der Waals surface area contributed by atoms with Gasteiger partial charge in [0.25, 0.3) is 0 Å². The molecule has 24 heavy (non-hydrogen) atoms. The maximum atomic E-state index is 5.94. The summed E-state index contributed by atoms with van der Waals surface area (Å²) in [5.41, 5.74) is 9.46. The third-order valence-electron chi connectivity index (χ3n) is 3.65. The smallest absolute Gasteiger partial charge is 0.193 e. The Morgan fingerprint density at radius 2 is 1.88 bits per heavy atom. The number of ether oxygens (including phenoxy) is 1. The molecule has 0 aromatic heterocycles. The predicted molar refractivity (Wildman–Crippen MR) is 113 cm³/mol. The Hall–Kier alpha value is -1.76. The monoisotopic (exact) mass is 439 g/mol. The van der Waals surface area contributed by atoms with E-state index in [0.717, 1.165) is 30.7 Å². The zero-order chi connectivity index (χ0) is 16.5. The minimum Gasteiger partial charge on any atom is -0.497 e. The van der Waals surface area contributed by atoms with Gasteiger partial charge in [0, 0.05) is 12.2 Å². The van der Waals surface area contributed by atoms with Gasteiger partial charge >= 0.3 is 0 Å². The molecule has 2 rings (SSSR count). The van der Waals surface area contributed by atoms with Crippen molar-refractivity contribution in [3.05, 3.63) is 59.7 Å². The van der Waals surface area contributed by atoms with Crippen LogP contribution in [0.4, 0.5) is 5.69 Å².